The Morgan fingerprint density at radius 3 is 3.05 bits per heavy atom. The van der Waals surface area contributed by atoms with E-state index in [1.165, 1.54) is 18.4 Å². The second-order valence-corrected chi connectivity index (χ2v) is 5.36. The second kappa shape index (κ2) is 8.25. The van der Waals surface area contributed by atoms with Crippen LogP contribution in [0, 0.1) is 5.92 Å². The first-order valence-electron chi connectivity index (χ1n) is 7.20. The van der Waals surface area contributed by atoms with E-state index in [4.69, 9.17) is 4.74 Å². The first kappa shape index (κ1) is 14.4. The highest BCUT2D eigenvalue weighted by atomic mass is 16.5. The van der Waals surface area contributed by atoms with Crippen molar-refractivity contribution in [1.82, 2.24) is 15.2 Å². The molecule has 4 nitrogen and oxygen atoms in total. The van der Waals surface area contributed by atoms with Gasteiger partial charge < -0.3 is 15.0 Å². The lowest BCUT2D eigenvalue weighted by molar-refractivity contribution is 0.104. The molecule has 0 saturated heterocycles. The molecule has 1 N–H and O–H groups in total. The monoisotopic (exact) mass is 263 g/mol. The van der Waals surface area contributed by atoms with Crippen LogP contribution in [0.5, 0.6) is 0 Å². The average Bonchev–Trinajstić information content (AvgIpc) is 3.25. The molecule has 1 aliphatic carbocycles. The summed E-state index contributed by atoms with van der Waals surface area (Å²) in [7, 11) is 2.15. The molecule has 1 saturated carbocycles. The van der Waals surface area contributed by atoms with E-state index in [9.17, 15) is 0 Å². The van der Waals surface area contributed by atoms with Gasteiger partial charge in [-0.15, -0.1) is 0 Å². The van der Waals surface area contributed by atoms with Crippen molar-refractivity contribution in [2.75, 3.05) is 39.9 Å². The molecule has 106 valence electrons. The maximum absolute atomic E-state index is 5.63. The van der Waals surface area contributed by atoms with Crippen molar-refractivity contribution in [2.24, 2.45) is 5.92 Å². The molecule has 1 aliphatic rings. The van der Waals surface area contributed by atoms with E-state index < -0.39 is 0 Å². The SMILES string of the molecule is CN(CCNCc1cccnc1)CCOCC1CC1. The Morgan fingerprint density at radius 2 is 2.32 bits per heavy atom. The third kappa shape index (κ3) is 6.66. The summed E-state index contributed by atoms with van der Waals surface area (Å²) in [5.41, 5.74) is 1.23. The number of hydrogen-bond donors (Lipinski definition) is 1. The van der Waals surface area contributed by atoms with Crippen molar-refractivity contribution in [3.8, 4) is 0 Å². The van der Waals surface area contributed by atoms with Crippen molar-refractivity contribution < 1.29 is 4.74 Å². The number of likely N-dealkylation sites (N-methyl/N-ethyl adjacent to an activating group) is 1. The highest BCUT2D eigenvalue weighted by Crippen LogP contribution is 2.28. The van der Waals surface area contributed by atoms with Crippen molar-refractivity contribution >= 4 is 0 Å². The molecule has 0 bridgehead atoms. The normalized spacial score (nSPS) is 15.1. The van der Waals surface area contributed by atoms with Crippen LogP contribution < -0.4 is 5.32 Å². The summed E-state index contributed by atoms with van der Waals surface area (Å²) < 4.78 is 5.63. The van der Waals surface area contributed by atoms with Gasteiger partial charge in [-0.3, -0.25) is 4.98 Å². The van der Waals surface area contributed by atoms with Gasteiger partial charge in [0.15, 0.2) is 0 Å². The van der Waals surface area contributed by atoms with Gasteiger partial charge in [0, 0.05) is 45.2 Å². The number of rotatable bonds is 10. The number of ether oxygens (including phenoxy) is 1. The Morgan fingerprint density at radius 1 is 1.42 bits per heavy atom. The van der Waals surface area contributed by atoms with Crippen LogP contribution in [0.2, 0.25) is 0 Å². The van der Waals surface area contributed by atoms with Gasteiger partial charge in [0.1, 0.15) is 0 Å². The second-order valence-electron chi connectivity index (χ2n) is 5.36. The molecule has 1 aromatic rings. The van der Waals surface area contributed by atoms with Crippen LogP contribution in [0.4, 0.5) is 0 Å². The number of nitrogens with one attached hydrogen (secondary N) is 1. The van der Waals surface area contributed by atoms with E-state index in [2.05, 4.69) is 28.3 Å². The minimum atomic E-state index is 0.857. The zero-order valence-electron chi connectivity index (χ0n) is 11.8. The van der Waals surface area contributed by atoms with E-state index in [1.54, 1.807) is 6.20 Å². The fraction of sp³-hybridized carbons (Fsp3) is 0.667. The lowest BCUT2D eigenvalue weighted by Crippen LogP contribution is -2.31. The van der Waals surface area contributed by atoms with Crippen molar-refractivity contribution in [3.63, 3.8) is 0 Å². The van der Waals surface area contributed by atoms with E-state index in [0.717, 1.165) is 45.3 Å². The number of aromatic nitrogens is 1. The van der Waals surface area contributed by atoms with E-state index in [1.807, 2.05) is 12.3 Å². The summed E-state index contributed by atoms with van der Waals surface area (Å²) in [5.74, 6) is 0.867. The van der Waals surface area contributed by atoms with Gasteiger partial charge >= 0.3 is 0 Å². The fourth-order valence-electron chi connectivity index (χ4n) is 1.87. The third-order valence-corrected chi connectivity index (χ3v) is 3.39. The van der Waals surface area contributed by atoms with Crippen LogP contribution in [-0.4, -0.2) is 49.8 Å². The van der Waals surface area contributed by atoms with Gasteiger partial charge in [0.05, 0.1) is 6.61 Å². The molecule has 1 heterocycles. The minimum absolute atomic E-state index is 0.857. The van der Waals surface area contributed by atoms with E-state index in [-0.39, 0.29) is 0 Å². The first-order valence-corrected chi connectivity index (χ1v) is 7.20. The number of nitrogens with zero attached hydrogens (tertiary/aromatic N) is 2. The predicted molar refractivity (Wildman–Crippen MR) is 77.0 cm³/mol. The Balaban J connectivity index is 1.43. The number of hydrogen-bond acceptors (Lipinski definition) is 4. The highest BCUT2D eigenvalue weighted by Gasteiger charge is 2.20. The molecule has 4 heteroatoms. The average molecular weight is 263 g/mol. The smallest absolute Gasteiger partial charge is 0.0593 e. The zero-order valence-corrected chi connectivity index (χ0v) is 11.8. The predicted octanol–water partition coefficient (Wildman–Crippen LogP) is 1.53. The molecule has 0 atom stereocenters. The molecule has 1 aromatic heterocycles. The van der Waals surface area contributed by atoms with Crippen molar-refractivity contribution in [3.05, 3.63) is 30.1 Å². The van der Waals surface area contributed by atoms with Crippen LogP contribution in [-0.2, 0) is 11.3 Å². The van der Waals surface area contributed by atoms with Gasteiger partial charge in [-0.2, -0.15) is 0 Å². The lowest BCUT2D eigenvalue weighted by atomic mass is 10.3. The molecule has 19 heavy (non-hydrogen) atoms. The summed E-state index contributed by atoms with van der Waals surface area (Å²) in [6.07, 6.45) is 6.45. The molecule has 0 amide bonds. The highest BCUT2D eigenvalue weighted by molar-refractivity contribution is 5.07. The van der Waals surface area contributed by atoms with Crippen LogP contribution in [0.1, 0.15) is 18.4 Å². The summed E-state index contributed by atoms with van der Waals surface area (Å²) in [5, 5.41) is 3.43. The van der Waals surface area contributed by atoms with Gasteiger partial charge in [0.25, 0.3) is 0 Å². The van der Waals surface area contributed by atoms with Gasteiger partial charge in [-0.1, -0.05) is 6.07 Å². The van der Waals surface area contributed by atoms with Crippen molar-refractivity contribution in [2.45, 2.75) is 19.4 Å². The Labute approximate surface area is 116 Å². The van der Waals surface area contributed by atoms with Crippen LogP contribution in [0.3, 0.4) is 0 Å². The maximum atomic E-state index is 5.63. The molecule has 0 aliphatic heterocycles. The third-order valence-electron chi connectivity index (χ3n) is 3.39. The number of pyridine rings is 1. The molecule has 1 fully saturated rings. The molecule has 2 rings (SSSR count). The van der Waals surface area contributed by atoms with Gasteiger partial charge in [-0.25, -0.2) is 0 Å². The Bertz CT molecular complexity index is 341. The van der Waals surface area contributed by atoms with Crippen LogP contribution in [0.25, 0.3) is 0 Å². The topological polar surface area (TPSA) is 37.4 Å². The van der Waals surface area contributed by atoms with E-state index >= 15 is 0 Å². The molecule has 0 radical (unpaired) electrons. The van der Waals surface area contributed by atoms with Gasteiger partial charge in [-0.05, 0) is 37.4 Å². The molecule has 0 aromatic carbocycles. The summed E-state index contributed by atoms with van der Waals surface area (Å²) in [6, 6.07) is 4.07. The molecular formula is C15H25N3O. The zero-order chi connectivity index (χ0) is 13.3. The van der Waals surface area contributed by atoms with Crippen LogP contribution in [0.15, 0.2) is 24.5 Å². The summed E-state index contributed by atoms with van der Waals surface area (Å²) in [4.78, 5) is 6.41. The van der Waals surface area contributed by atoms with Crippen LogP contribution >= 0.6 is 0 Å². The fourth-order valence-corrected chi connectivity index (χ4v) is 1.87. The van der Waals surface area contributed by atoms with E-state index in [0.29, 0.717) is 0 Å². The maximum Gasteiger partial charge on any atom is 0.0593 e. The largest absolute Gasteiger partial charge is 0.380 e. The quantitative estimate of drug-likeness (QED) is 0.650. The minimum Gasteiger partial charge on any atom is -0.380 e. The van der Waals surface area contributed by atoms with Gasteiger partial charge in [0.2, 0.25) is 0 Å². The standard InChI is InChI=1S/C15H25N3O/c1-18(9-10-19-13-14-4-5-14)8-7-17-12-15-3-2-6-16-11-15/h2-3,6,11,14,17H,4-5,7-10,12-13H2,1H3. The first-order chi connectivity index (χ1) is 9.34. The van der Waals surface area contributed by atoms with Crippen molar-refractivity contribution in [1.29, 1.82) is 0 Å². The Hall–Kier alpha value is -0.970. The lowest BCUT2D eigenvalue weighted by Gasteiger charge is -2.16. The summed E-state index contributed by atoms with van der Waals surface area (Å²) in [6.45, 7) is 5.77. The summed E-state index contributed by atoms with van der Waals surface area (Å²) >= 11 is 0. The molecule has 0 spiro atoms. The Kier molecular flexibility index (Phi) is 6.27. The molecule has 0 unspecified atom stereocenters. The molecular weight excluding hydrogens is 238 g/mol.